The lowest BCUT2D eigenvalue weighted by Crippen LogP contribution is -2.35. The van der Waals surface area contributed by atoms with E-state index in [-0.39, 0.29) is 16.8 Å². The van der Waals surface area contributed by atoms with Crippen molar-refractivity contribution in [2.24, 2.45) is 4.99 Å². The lowest BCUT2D eigenvalue weighted by atomic mass is 9.87. The van der Waals surface area contributed by atoms with Gasteiger partial charge >= 0.3 is 0 Å². The number of hydrogen-bond donors (Lipinski definition) is 1. The number of hydrogen-bond acceptors (Lipinski definition) is 5. The summed E-state index contributed by atoms with van der Waals surface area (Å²) in [6, 6.07) is 13.6. The van der Waals surface area contributed by atoms with Gasteiger partial charge < -0.3 is 9.47 Å². The van der Waals surface area contributed by atoms with Gasteiger partial charge in [0, 0.05) is 6.20 Å². The van der Waals surface area contributed by atoms with Gasteiger partial charge in [-0.05, 0) is 68.2 Å². The second-order valence-electron chi connectivity index (χ2n) is 8.54. The molecule has 2 aromatic rings. The zero-order valence-electron chi connectivity index (χ0n) is 18.6. The van der Waals surface area contributed by atoms with E-state index in [1.54, 1.807) is 22.6 Å². The molecule has 8 heteroatoms. The third-order valence-electron chi connectivity index (χ3n) is 5.11. The highest BCUT2D eigenvalue weighted by Crippen LogP contribution is 2.30. The summed E-state index contributed by atoms with van der Waals surface area (Å²) in [6.07, 6.45) is 3.40. The number of thioether (sulfide) groups is 1. The van der Waals surface area contributed by atoms with Crippen LogP contribution in [0.1, 0.15) is 31.9 Å². The second kappa shape index (κ2) is 9.57. The Hall–Kier alpha value is -2.84. The number of fused-ring (bicyclic) bond motifs is 1. The summed E-state index contributed by atoms with van der Waals surface area (Å²) in [5, 5.41) is 10.6. The van der Waals surface area contributed by atoms with Crippen molar-refractivity contribution in [3.63, 3.8) is 0 Å². The van der Waals surface area contributed by atoms with Crippen LogP contribution in [0.25, 0.3) is 6.08 Å². The molecular weight excluding hydrogens is 502 g/mol. The van der Waals surface area contributed by atoms with Gasteiger partial charge in [0.05, 0.1) is 10.0 Å². The zero-order valence-corrected chi connectivity index (χ0v) is 21.0. The molecule has 4 rings (SSSR count). The van der Waals surface area contributed by atoms with Crippen LogP contribution in [-0.4, -0.2) is 35.0 Å². The molecule has 0 bridgehead atoms. The van der Waals surface area contributed by atoms with Crippen molar-refractivity contribution < 1.29 is 14.3 Å². The van der Waals surface area contributed by atoms with Crippen molar-refractivity contribution in [1.29, 1.82) is 5.41 Å². The van der Waals surface area contributed by atoms with Crippen LogP contribution < -0.4 is 9.47 Å². The molecule has 0 aromatic heterocycles. The summed E-state index contributed by atoms with van der Waals surface area (Å²) in [5.74, 6) is 1.19. The number of aliphatic imine (C=N–C) groups is 1. The second-order valence-corrected chi connectivity index (χ2v) is 10.3. The lowest BCUT2D eigenvalue weighted by Gasteiger charge is -2.22. The molecule has 2 aromatic carbocycles. The van der Waals surface area contributed by atoms with Gasteiger partial charge in [0.15, 0.2) is 5.17 Å². The molecule has 6 nitrogen and oxygen atoms in total. The Morgan fingerprint density at radius 1 is 1.12 bits per heavy atom. The first-order chi connectivity index (χ1) is 15.7. The van der Waals surface area contributed by atoms with Crippen LogP contribution in [0.15, 0.2) is 69.1 Å². The summed E-state index contributed by atoms with van der Waals surface area (Å²) in [7, 11) is 0. The summed E-state index contributed by atoms with van der Waals surface area (Å²) >= 11 is 4.85. The maximum atomic E-state index is 12.3. The third-order valence-corrected chi connectivity index (χ3v) is 6.49. The monoisotopic (exact) mass is 525 g/mol. The molecule has 0 saturated carbocycles. The molecule has 0 aliphatic carbocycles. The fourth-order valence-corrected chi connectivity index (χ4v) is 4.50. The lowest BCUT2D eigenvalue weighted by molar-refractivity contribution is -0.114. The van der Waals surface area contributed by atoms with Crippen LogP contribution in [0.5, 0.6) is 11.5 Å². The van der Waals surface area contributed by atoms with E-state index in [4.69, 9.17) is 14.9 Å². The number of nitrogens with zero attached hydrogens (tertiary/aromatic N) is 2. The van der Waals surface area contributed by atoms with Crippen LogP contribution in [0, 0.1) is 5.41 Å². The van der Waals surface area contributed by atoms with Gasteiger partial charge in [-0.2, -0.15) is 4.99 Å². The van der Waals surface area contributed by atoms with E-state index in [1.807, 2.05) is 30.3 Å². The highest BCUT2D eigenvalue weighted by atomic mass is 79.9. The molecule has 0 spiro atoms. The van der Waals surface area contributed by atoms with Crippen molar-refractivity contribution in [3.05, 3.63) is 75.2 Å². The van der Waals surface area contributed by atoms with Gasteiger partial charge in [-0.1, -0.05) is 50.7 Å². The van der Waals surface area contributed by atoms with E-state index >= 15 is 0 Å². The maximum absolute atomic E-state index is 12.3. The van der Waals surface area contributed by atoms with E-state index in [2.05, 4.69) is 53.8 Å². The predicted octanol–water partition coefficient (Wildman–Crippen LogP) is 5.98. The Morgan fingerprint density at radius 3 is 2.55 bits per heavy atom. The van der Waals surface area contributed by atoms with Crippen LogP contribution in [-0.2, 0) is 10.2 Å². The van der Waals surface area contributed by atoms with E-state index < -0.39 is 5.91 Å². The van der Waals surface area contributed by atoms with Gasteiger partial charge in [-0.25, -0.2) is 0 Å². The molecule has 0 radical (unpaired) electrons. The summed E-state index contributed by atoms with van der Waals surface area (Å²) in [5.41, 5.74) is 2.39. The SMILES string of the molecule is CC(C)(C)c1ccc(OCCOc2ccc(/C=C3/C(=N)N4C=CSC4=NC3=O)cc2Br)cc1. The van der Waals surface area contributed by atoms with Crippen LogP contribution in [0.4, 0.5) is 0 Å². The Bertz CT molecular complexity index is 1180. The topological polar surface area (TPSA) is 75.0 Å². The average Bonchev–Trinajstić information content (AvgIpc) is 3.23. The molecule has 1 N–H and O–H groups in total. The van der Waals surface area contributed by atoms with E-state index in [1.165, 1.54) is 17.3 Å². The molecule has 0 fully saturated rings. The number of carbonyl (C=O) groups excluding carboxylic acids is 1. The van der Waals surface area contributed by atoms with E-state index in [9.17, 15) is 4.79 Å². The zero-order chi connectivity index (χ0) is 23.6. The largest absolute Gasteiger partial charge is 0.490 e. The molecule has 2 heterocycles. The molecule has 170 valence electrons. The minimum absolute atomic E-state index is 0.112. The van der Waals surface area contributed by atoms with Crippen molar-refractivity contribution >= 4 is 50.7 Å². The van der Waals surface area contributed by atoms with Crippen LogP contribution in [0.2, 0.25) is 0 Å². The summed E-state index contributed by atoms with van der Waals surface area (Å²) in [6.45, 7) is 7.35. The van der Waals surface area contributed by atoms with Gasteiger partial charge in [-0.3, -0.25) is 15.1 Å². The van der Waals surface area contributed by atoms with Crippen molar-refractivity contribution in [1.82, 2.24) is 4.90 Å². The first-order valence-corrected chi connectivity index (χ1v) is 12.1. The van der Waals surface area contributed by atoms with Crippen molar-refractivity contribution in [2.75, 3.05) is 13.2 Å². The highest BCUT2D eigenvalue weighted by Gasteiger charge is 2.31. The summed E-state index contributed by atoms with van der Waals surface area (Å²) < 4.78 is 12.4. The molecule has 33 heavy (non-hydrogen) atoms. The molecule has 0 saturated heterocycles. The van der Waals surface area contributed by atoms with Crippen molar-refractivity contribution in [2.45, 2.75) is 26.2 Å². The fourth-order valence-electron chi connectivity index (χ4n) is 3.28. The van der Waals surface area contributed by atoms with Crippen LogP contribution in [0.3, 0.4) is 0 Å². The van der Waals surface area contributed by atoms with Crippen LogP contribution >= 0.6 is 27.7 Å². The number of benzene rings is 2. The molecule has 2 aliphatic rings. The molecular formula is C25H24BrN3O3S. The number of amides is 1. The molecule has 0 unspecified atom stereocenters. The predicted molar refractivity (Wildman–Crippen MR) is 137 cm³/mol. The minimum atomic E-state index is -0.411. The molecule has 1 amide bonds. The number of nitrogens with one attached hydrogen (secondary N) is 1. The van der Waals surface area contributed by atoms with Gasteiger partial charge in [0.1, 0.15) is 30.5 Å². The number of halogens is 1. The Balaban J connectivity index is 1.34. The third kappa shape index (κ3) is 5.39. The summed E-state index contributed by atoms with van der Waals surface area (Å²) in [4.78, 5) is 18.0. The maximum Gasteiger partial charge on any atom is 0.283 e. The number of ether oxygens (including phenoxy) is 2. The van der Waals surface area contributed by atoms with E-state index in [0.717, 1.165) is 15.8 Å². The standard InChI is InChI=1S/C25H24BrN3O3S/c1-25(2,3)17-5-7-18(8-6-17)31-11-12-32-21-9-4-16(15-20(21)26)14-19-22(27)29-10-13-33-24(29)28-23(19)30/h4-10,13-15,27H,11-12H2,1-3H3/b19-14-,27-22?. The van der Waals surface area contributed by atoms with Gasteiger partial charge in [-0.15, -0.1) is 0 Å². The van der Waals surface area contributed by atoms with Gasteiger partial charge in [0.2, 0.25) is 0 Å². The highest BCUT2D eigenvalue weighted by molar-refractivity contribution is 9.10. The number of rotatable bonds is 6. The Kier molecular flexibility index (Phi) is 6.76. The minimum Gasteiger partial charge on any atom is -0.490 e. The number of amidine groups is 2. The first-order valence-electron chi connectivity index (χ1n) is 10.4. The normalized spacial score (nSPS) is 16.8. The number of carbonyl (C=O) groups is 1. The Morgan fingerprint density at radius 2 is 1.85 bits per heavy atom. The first kappa shape index (κ1) is 23.3. The molecule has 2 aliphatic heterocycles. The smallest absolute Gasteiger partial charge is 0.283 e. The Labute approximate surface area is 206 Å². The van der Waals surface area contributed by atoms with E-state index in [0.29, 0.717) is 24.1 Å². The fraction of sp³-hybridized carbons (Fsp3) is 0.240. The van der Waals surface area contributed by atoms with Gasteiger partial charge in [0.25, 0.3) is 5.91 Å². The van der Waals surface area contributed by atoms with Crippen molar-refractivity contribution in [3.8, 4) is 11.5 Å². The average molecular weight is 526 g/mol. The quantitative estimate of drug-likeness (QED) is 0.370. The molecule has 0 atom stereocenters.